The fourth-order valence-electron chi connectivity index (χ4n) is 2.12. The highest BCUT2D eigenvalue weighted by atomic mass is 79.9. The summed E-state index contributed by atoms with van der Waals surface area (Å²) in [7, 11) is 0. The van der Waals surface area contributed by atoms with Crippen LogP contribution in [0.3, 0.4) is 0 Å². The molecule has 1 aliphatic rings. The lowest BCUT2D eigenvalue weighted by Crippen LogP contribution is -2.51. The van der Waals surface area contributed by atoms with E-state index < -0.39 is 12.0 Å². The lowest BCUT2D eigenvalue weighted by atomic mass is 10.2. The van der Waals surface area contributed by atoms with Crippen LogP contribution in [0.1, 0.15) is 12.7 Å². The number of carbonyl (C=O) groups is 1. The highest BCUT2D eigenvalue weighted by molar-refractivity contribution is 9.10. The molecule has 0 bridgehead atoms. The second-order valence-electron chi connectivity index (χ2n) is 4.53. The average molecular weight is 317 g/mol. The molecule has 0 aromatic carbocycles. The Hall–Kier alpha value is -0.850. The third-order valence-electron chi connectivity index (χ3n) is 3.32. The van der Waals surface area contributed by atoms with Crippen LogP contribution in [0.15, 0.2) is 21.2 Å². The summed E-state index contributed by atoms with van der Waals surface area (Å²) >= 11 is 3.28. The number of carboxylic acid groups (broad SMARTS) is 1. The second-order valence-corrected chi connectivity index (χ2v) is 5.31. The molecule has 0 saturated carbocycles. The molecule has 1 saturated heterocycles. The van der Waals surface area contributed by atoms with Gasteiger partial charge < -0.3 is 9.52 Å². The molecule has 0 spiro atoms. The van der Waals surface area contributed by atoms with Crippen molar-refractivity contribution in [1.29, 1.82) is 0 Å². The first kappa shape index (κ1) is 13.6. The number of rotatable bonds is 4. The van der Waals surface area contributed by atoms with Gasteiger partial charge in [0.15, 0.2) is 4.67 Å². The minimum absolute atomic E-state index is 0.398. The Morgan fingerprint density at radius 3 is 2.61 bits per heavy atom. The molecule has 1 aromatic rings. The summed E-state index contributed by atoms with van der Waals surface area (Å²) in [5.41, 5.74) is 0. The summed E-state index contributed by atoms with van der Waals surface area (Å²) < 4.78 is 6.21. The molecule has 1 unspecified atom stereocenters. The summed E-state index contributed by atoms with van der Waals surface area (Å²) in [4.78, 5) is 15.2. The Morgan fingerprint density at radius 2 is 2.11 bits per heavy atom. The van der Waals surface area contributed by atoms with E-state index >= 15 is 0 Å². The van der Waals surface area contributed by atoms with Gasteiger partial charge in [-0.3, -0.25) is 14.6 Å². The molecule has 2 heterocycles. The van der Waals surface area contributed by atoms with Gasteiger partial charge in [0, 0.05) is 26.2 Å². The number of furan rings is 1. The Labute approximate surface area is 114 Å². The minimum atomic E-state index is -0.751. The first-order valence-electron chi connectivity index (χ1n) is 5.99. The van der Waals surface area contributed by atoms with Gasteiger partial charge in [-0.25, -0.2) is 0 Å². The SMILES string of the molecule is CC(C(=O)O)N1CCN(Cc2ccc(Br)o2)CC1. The van der Waals surface area contributed by atoms with Gasteiger partial charge >= 0.3 is 5.97 Å². The van der Waals surface area contributed by atoms with Gasteiger partial charge in [0.1, 0.15) is 11.8 Å². The maximum absolute atomic E-state index is 10.9. The van der Waals surface area contributed by atoms with E-state index in [4.69, 9.17) is 9.52 Å². The molecule has 0 amide bonds. The van der Waals surface area contributed by atoms with Crippen molar-refractivity contribution in [2.75, 3.05) is 26.2 Å². The zero-order chi connectivity index (χ0) is 13.1. The van der Waals surface area contributed by atoms with Crippen molar-refractivity contribution in [2.45, 2.75) is 19.5 Å². The maximum Gasteiger partial charge on any atom is 0.320 e. The van der Waals surface area contributed by atoms with Crippen LogP contribution in [-0.4, -0.2) is 53.1 Å². The van der Waals surface area contributed by atoms with Gasteiger partial charge in [0.2, 0.25) is 0 Å². The van der Waals surface area contributed by atoms with E-state index in [1.165, 1.54) is 0 Å². The van der Waals surface area contributed by atoms with Crippen molar-refractivity contribution >= 4 is 21.9 Å². The number of hydrogen-bond acceptors (Lipinski definition) is 4. The zero-order valence-corrected chi connectivity index (χ0v) is 11.9. The number of aliphatic carboxylic acids is 1. The molecule has 18 heavy (non-hydrogen) atoms. The van der Waals surface area contributed by atoms with Crippen LogP contribution in [0.4, 0.5) is 0 Å². The molecular formula is C12H17BrN2O3. The molecular weight excluding hydrogens is 300 g/mol. The summed E-state index contributed by atoms with van der Waals surface area (Å²) in [6.07, 6.45) is 0. The molecule has 6 heteroatoms. The minimum Gasteiger partial charge on any atom is -0.480 e. The molecule has 100 valence electrons. The number of nitrogens with zero attached hydrogens (tertiary/aromatic N) is 2. The van der Waals surface area contributed by atoms with Gasteiger partial charge in [-0.2, -0.15) is 0 Å². The van der Waals surface area contributed by atoms with Crippen LogP contribution in [-0.2, 0) is 11.3 Å². The third-order valence-corrected chi connectivity index (χ3v) is 3.75. The van der Waals surface area contributed by atoms with Crippen LogP contribution in [0.25, 0.3) is 0 Å². The average Bonchev–Trinajstić information content (AvgIpc) is 2.75. The lowest BCUT2D eigenvalue weighted by Gasteiger charge is -2.36. The quantitative estimate of drug-likeness (QED) is 0.915. The van der Waals surface area contributed by atoms with Crippen molar-refractivity contribution in [3.8, 4) is 0 Å². The fourth-order valence-corrected chi connectivity index (χ4v) is 2.46. The molecule has 2 rings (SSSR count). The van der Waals surface area contributed by atoms with E-state index in [9.17, 15) is 4.79 Å². The number of hydrogen-bond donors (Lipinski definition) is 1. The van der Waals surface area contributed by atoms with Gasteiger partial charge in [-0.1, -0.05) is 0 Å². The monoisotopic (exact) mass is 316 g/mol. The standard InChI is InChI=1S/C12H17BrN2O3/c1-9(12(16)17)15-6-4-14(5-7-15)8-10-2-3-11(13)18-10/h2-3,9H,4-8H2,1H3,(H,16,17). The van der Waals surface area contributed by atoms with E-state index in [-0.39, 0.29) is 0 Å². The first-order valence-corrected chi connectivity index (χ1v) is 6.79. The molecule has 5 nitrogen and oxygen atoms in total. The van der Waals surface area contributed by atoms with E-state index in [1.807, 2.05) is 17.0 Å². The van der Waals surface area contributed by atoms with Gasteiger partial charge in [-0.05, 0) is 35.0 Å². The summed E-state index contributed by atoms with van der Waals surface area (Å²) in [6.45, 7) is 5.83. The van der Waals surface area contributed by atoms with Crippen LogP contribution in [0.5, 0.6) is 0 Å². The maximum atomic E-state index is 10.9. The largest absolute Gasteiger partial charge is 0.480 e. The van der Waals surface area contributed by atoms with Crippen molar-refractivity contribution in [3.63, 3.8) is 0 Å². The normalized spacial score (nSPS) is 19.9. The number of piperazine rings is 1. The van der Waals surface area contributed by atoms with Crippen molar-refractivity contribution in [2.24, 2.45) is 0 Å². The molecule has 1 fully saturated rings. The number of halogens is 1. The Balaban J connectivity index is 1.81. The molecule has 0 radical (unpaired) electrons. The summed E-state index contributed by atoms with van der Waals surface area (Å²) in [5.74, 6) is 0.181. The predicted octanol–water partition coefficient (Wildman–Crippen LogP) is 1.63. The van der Waals surface area contributed by atoms with Crippen LogP contribution in [0, 0.1) is 0 Å². The number of carboxylic acids is 1. The molecule has 1 aliphatic heterocycles. The highest BCUT2D eigenvalue weighted by Crippen LogP contribution is 2.17. The smallest absolute Gasteiger partial charge is 0.320 e. The van der Waals surface area contributed by atoms with Gasteiger partial charge in [0.25, 0.3) is 0 Å². The van der Waals surface area contributed by atoms with Crippen LogP contribution < -0.4 is 0 Å². The van der Waals surface area contributed by atoms with Gasteiger partial charge in [0.05, 0.1) is 6.54 Å². The van der Waals surface area contributed by atoms with Crippen LogP contribution >= 0.6 is 15.9 Å². The predicted molar refractivity (Wildman–Crippen MR) is 70.4 cm³/mol. The van der Waals surface area contributed by atoms with Crippen molar-refractivity contribution in [3.05, 3.63) is 22.6 Å². The summed E-state index contributed by atoms with van der Waals surface area (Å²) in [6, 6.07) is 3.44. The van der Waals surface area contributed by atoms with E-state index in [1.54, 1.807) is 6.92 Å². The fraction of sp³-hybridized carbons (Fsp3) is 0.583. The third kappa shape index (κ3) is 3.34. The topological polar surface area (TPSA) is 56.9 Å². The van der Waals surface area contributed by atoms with E-state index in [2.05, 4.69) is 20.8 Å². The Morgan fingerprint density at radius 1 is 1.44 bits per heavy atom. The van der Waals surface area contributed by atoms with E-state index in [0.717, 1.165) is 43.2 Å². The molecule has 1 N–H and O–H groups in total. The Bertz CT molecular complexity index is 413. The first-order chi connectivity index (χ1) is 8.56. The highest BCUT2D eigenvalue weighted by Gasteiger charge is 2.25. The zero-order valence-electron chi connectivity index (χ0n) is 10.3. The van der Waals surface area contributed by atoms with Crippen molar-refractivity contribution < 1.29 is 14.3 Å². The molecule has 1 aromatic heterocycles. The second kappa shape index (κ2) is 5.86. The molecule has 0 aliphatic carbocycles. The van der Waals surface area contributed by atoms with Crippen LogP contribution in [0.2, 0.25) is 0 Å². The Kier molecular flexibility index (Phi) is 4.42. The lowest BCUT2D eigenvalue weighted by molar-refractivity contribution is -0.143. The summed E-state index contributed by atoms with van der Waals surface area (Å²) in [5, 5.41) is 8.96. The molecule has 1 atom stereocenters. The van der Waals surface area contributed by atoms with Gasteiger partial charge in [-0.15, -0.1) is 0 Å². The van der Waals surface area contributed by atoms with Crippen molar-refractivity contribution in [1.82, 2.24) is 9.80 Å². The van der Waals surface area contributed by atoms with E-state index in [0.29, 0.717) is 0 Å².